The third kappa shape index (κ3) is 6.18. The van der Waals surface area contributed by atoms with Gasteiger partial charge in [-0.3, -0.25) is 0 Å². The smallest absolute Gasteiger partial charge is 0.212 e. The van der Waals surface area contributed by atoms with E-state index in [-0.39, 0.29) is 17.6 Å². The normalized spacial score (nSPS) is 16.4. The minimum Gasteiger partial charge on any atom is -0.376 e. The van der Waals surface area contributed by atoms with Crippen LogP contribution in [0.5, 0.6) is 0 Å². The van der Waals surface area contributed by atoms with Crippen molar-refractivity contribution in [3.63, 3.8) is 0 Å². The molecule has 0 saturated heterocycles. The number of nitrogens with one attached hydrogen (secondary N) is 1. The highest BCUT2D eigenvalue weighted by Crippen LogP contribution is 2.26. The Hall–Kier alpha value is -0.920. The lowest BCUT2D eigenvalue weighted by Crippen LogP contribution is -2.54. The fourth-order valence-electron chi connectivity index (χ4n) is 2.66. The maximum atomic E-state index is 12.4. The van der Waals surface area contributed by atoms with Crippen molar-refractivity contribution in [3.05, 3.63) is 18.2 Å². The number of rotatable bonds is 7. The second-order valence-corrected chi connectivity index (χ2v) is 10.3. The Morgan fingerprint density at radius 3 is 2.21 bits per heavy atom. The summed E-state index contributed by atoms with van der Waals surface area (Å²) in [5.41, 5.74) is -0.550. The third-order valence-electron chi connectivity index (χ3n) is 4.09. The molecule has 0 amide bonds. The van der Waals surface area contributed by atoms with Gasteiger partial charge in [0.15, 0.2) is 0 Å². The van der Waals surface area contributed by atoms with Gasteiger partial charge < -0.3 is 9.72 Å². The molecule has 1 N–H and O–H groups in total. The molecular formula is C17H33N3O3S. The van der Waals surface area contributed by atoms with E-state index in [9.17, 15) is 8.42 Å². The van der Waals surface area contributed by atoms with E-state index in [1.807, 2.05) is 27.7 Å². The first kappa shape index (κ1) is 21.1. The Balaban J connectivity index is 3.07. The summed E-state index contributed by atoms with van der Waals surface area (Å²) < 4.78 is 32.4. The molecule has 1 aromatic heterocycles. The zero-order chi connectivity index (χ0) is 18.8. The van der Waals surface area contributed by atoms with E-state index < -0.39 is 15.6 Å². The summed E-state index contributed by atoms with van der Waals surface area (Å²) in [6.45, 7) is 14.4. The van der Waals surface area contributed by atoms with Gasteiger partial charge in [0.05, 0.1) is 25.0 Å². The van der Waals surface area contributed by atoms with Crippen molar-refractivity contribution in [1.29, 1.82) is 0 Å². The van der Waals surface area contributed by atoms with Gasteiger partial charge in [0.25, 0.3) is 0 Å². The average Bonchev–Trinajstić information content (AvgIpc) is 2.83. The summed E-state index contributed by atoms with van der Waals surface area (Å²) in [6.07, 6.45) is 5.16. The molecule has 0 saturated carbocycles. The fraction of sp³-hybridized carbons (Fsp3) is 0.824. The molecule has 2 unspecified atom stereocenters. The van der Waals surface area contributed by atoms with Crippen LogP contribution in [0.1, 0.15) is 54.3 Å². The molecule has 7 heteroatoms. The molecule has 2 atom stereocenters. The van der Waals surface area contributed by atoms with Gasteiger partial charge in [-0.25, -0.2) is 13.4 Å². The van der Waals surface area contributed by atoms with Gasteiger partial charge in [0.1, 0.15) is 5.82 Å². The van der Waals surface area contributed by atoms with Crippen molar-refractivity contribution in [1.82, 2.24) is 14.3 Å². The van der Waals surface area contributed by atoms with Crippen LogP contribution >= 0.6 is 0 Å². The van der Waals surface area contributed by atoms with Crippen LogP contribution in [0.4, 0.5) is 0 Å². The van der Waals surface area contributed by atoms with E-state index in [2.05, 4.69) is 30.7 Å². The quantitative estimate of drug-likeness (QED) is 0.812. The number of sulfonamides is 1. The van der Waals surface area contributed by atoms with Gasteiger partial charge in [0.2, 0.25) is 10.0 Å². The van der Waals surface area contributed by atoms with Crippen LogP contribution in [0.15, 0.2) is 12.4 Å². The average molecular weight is 360 g/mol. The second kappa shape index (κ2) is 7.54. The molecule has 6 nitrogen and oxygen atoms in total. The van der Waals surface area contributed by atoms with E-state index >= 15 is 0 Å². The van der Waals surface area contributed by atoms with Crippen molar-refractivity contribution in [2.75, 3.05) is 12.9 Å². The van der Waals surface area contributed by atoms with Crippen LogP contribution in [-0.2, 0) is 21.2 Å². The number of ether oxygens (including phenoxy) is 1. The van der Waals surface area contributed by atoms with Crippen molar-refractivity contribution in [2.45, 2.75) is 72.6 Å². The zero-order valence-electron chi connectivity index (χ0n) is 16.3. The summed E-state index contributed by atoms with van der Waals surface area (Å²) in [5.74, 6) is 0.755. The number of imidazole rings is 1. The number of aromatic nitrogens is 2. The van der Waals surface area contributed by atoms with Crippen LogP contribution < -0.4 is 0 Å². The molecule has 0 spiro atoms. The standard InChI is InChI=1S/C17H33N3O3S/c1-13(16(2,3)4)23-12-14(11-15-18-9-10-19-15)20(17(5,6)7)24(8,21)22/h9-10,13-14H,11-12H2,1-8H3,(H,18,19). The maximum absolute atomic E-state index is 12.4. The summed E-state index contributed by atoms with van der Waals surface area (Å²) in [5, 5.41) is 0. The molecular weight excluding hydrogens is 326 g/mol. The summed E-state index contributed by atoms with van der Waals surface area (Å²) in [6, 6.07) is -0.323. The molecule has 0 bridgehead atoms. The molecule has 1 heterocycles. The monoisotopic (exact) mass is 359 g/mol. The van der Waals surface area contributed by atoms with E-state index in [1.54, 1.807) is 12.4 Å². The van der Waals surface area contributed by atoms with E-state index in [4.69, 9.17) is 4.74 Å². The van der Waals surface area contributed by atoms with Crippen molar-refractivity contribution in [2.24, 2.45) is 5.41 Å². The number of hydrogen-bond acceptors (Lipinski definition) is 4. The number of H-pyrrole nitrogens is 1. The van der Waals surface area contributed by atoms with Crippen molar-refractivity contribution < 1.29 is 13.2 Å². The molecule has 24 heavy (non-hydrogen) atoms. The van der Waals surface area contributed by atoms with Crippen molar-refractivity contribution >= 4 is 10.0 Å². The van der Waals surface area contributed by atoms with E-state index in [0.29, 0.717) is 13.0 Å². The van der Waals surface area contributed by atoms with E-state index in [0.717, 1.165) is 5.82 Å². The molecule has 0 aliphatic carbocycles. The summed E-state index contributed by atoms with van der Waals surface area (Å²) in [4.78, 5) is 7.30. The molecule has 0 radical (unpaired) electrons. The lowest BCUT2D eigenvalue weighted by Gasteiger charge is -2.40. The Labute approximate surface area is 147 Å². The molecule has 0 aliphatic rings. The first-order valence-corrected chi connectivity index (χ1v) is 10.2. The first-order valence-electron chi connectivity index (χ1n) is 8.32. The lowest BCUT2D eigenvalue weighted by atomic mass is 9.90. The minimum absolute atomic E-state index is 0.00706. The number of nitrogens with zero attached hydrogens (tertiary/aromatic N) is 2. The minimum atomic E-state index is -3.40. The van der Waals surface area contributed by atoms with Gasteiger partial charge in [0, 0.05) is 24.4 Å². The molecule has 0 fully saturated rings. The fourth-order valence-corrected chi connectivity index (χ4v) is 4.34. The maximum Gasteiger partial charge on any atom is 0.212 e. The first-order chi connectivity index (χ1) is 10.7. The Bertz CT molecular complexity index is 598. The van der Waals surface area contributed by atoms with Crippen LogP contribution in [-0.4, -0.2) is 53.2 Å². The predicted octanol–water partition coefficient (Wildman–Crippen LogP) is 2.83. The third-order valence-corrected chi connectivity index (χ3v) is 5.65. The van der Waals surface area contributed by atoms with Gasteiger partial charge in [-0.05, 0) is 33.1 Å². The Morgan fingerprint density at radius 2 is 1.83 bits per heavy atom. The zero-order valence-corrected chi connectivity index (χ0v) is 17.1. The summed E-state index contributed by atoms with van der Waals surface area (Å²) >= 11 is 0. The lowest BCUT2D eigenvalue weighted by molar-refractivity contribution is -0.0310. The summed E-state index contributed by atoms with van der Waals surface area (Å²) in [7, 11) is -3.40. The van der Waals surface area contributed by atoms with Gasteiger partial charge in [-0.15, -0.1) is 0 Å². The molecule has 140 valence electrons. The second-order valence-electron chi connectivity index (χ2n) is 8.47. The highest BCUT2D eigenvalue weighted by atomic mass is 32.2. The van der Waals surface area contributed by atoms with Gasteiger partial charge in [-0.1, -0.05) is 20.8 Å². The van der Waals surface area contributed by atoms with Gasteiger partial charge in [-0.2, -0.15) is 4.31 Å². The Morgan fingerprint density at radius 1 is 1.25 bits per heavy atom. The highest BCUT2D eigenvalue weighted by Gasteiger charge is 2.37. The van der Waals surface area contributed by atoms with Crippen molar-refractivity contribution in [3.8, 4) is 0 Å². The topological polar surface area (TPSA) is 75.3 Å². The molecule has 1 rings (SSSR count). The van der Waals surface area contributed by atoms with Crippen LogP contribution in [0.2, 0.25) is 0 Å². The Kier molecular flexibility index (Phi) is 6.63. The number of aromatic amines is 1. The predicted molar refractivity (Wildman–Crippen MR) is 97.4 cm³/mol. The van der Waals surface area contributed by atoms with Crippen LogP contribution in [0.25, 0.3) is 0 Å². The molecule has 1 aromatic rings. The largest absolute Gasteiger partial charge is 0.376 e. The highest BCUT2D eigenvalue weighted by molar-refractivity contribution is 7.88. The molecule has 0 aliphatic heterocycles. The van der Waals surface area contributed by atoms with Crippen LogP contribution in [0.3, 0.4) is 0 Å². The van der Waals surface area contributed by atoms with Crippen LogP contribution in [0, 0.1) is 5.41 Å². The molecule has 0 aromatic carbocycles. The SMILES string of the molecule is CC(OCC(Cc1ncc[nH]1)N(C(C)(C)C)S(C)(=O)=O)C(C)(C)C. The van der Waals surface area contributed by atoms with E-state index in [1.165, 1.54) is 10.6 Å². The number of hydrogen-bond donors (Lipinski definition) is 1. The van der Waals surface area contributed by atoms with Gasteiger partial charge >= 0.3 is 0 Å².